The molecule has 2 heterocycles. The van der Waals surface area contributed by atoms with Crippen LogP contribution in [0, 0.1) is 12.8 Å². The van der Waals surface area contributed by atoms with Gasteiger partial charge in [-0.05, 0) is 38.7 Å². The Labute approximate surface area is 119 Å². The predicted molar refractivity (Wildman–Crippen MR) is 74.5 cm³/mol. The molecule has 1 aliphatic heterocycles. The average molecular weight is 275 g/mol. The monoisotopic (exact) mass is 275 g/mol. The highest BCUT2D eigenvalue weighted by atomic mass is 16.3. The quantitative estimate of drug-likeness (QED) is 0.833. The molecule has 1 aromatic heterocycles. The smallest absolute Gasteiger partial charge is 0.257 e. The maximum Gasteiger partial charge on any atom is 0.257 e. The zero-order chi connectivity index (χ0) is 14.1. The third-order valence-electron chi connectivity index (χ3n) is 4.60. The van der Waals surface area contributed by atoms with E-state index in [1.807, 2.05) is 11.8 Å². The van der Waals surface area contributed by atoms with Crippen LogP contribution in [0.4, 0.5) is 0 Å². The van der Waals surface area contributed by atoms with Gasteiger partial charge in [-0.25, -0.2) is 0 Å². The van der Waals surface area contributed by atoms with Crippen molar-refractivity contribution >= 4 is 11.7 Å². The molecule has 2 fully saturated rings. The first kappa shape index (κ1) is 13.4. The van der Waals surface area contributed by atoms with Gasteiger partial charge in [-0.3, -0.25) is 9.59 Å². The summed E-state index contributed by atoms with van der Waals surface area (Å²) in [6.07, 6.45) is 7.23. The summed E-state index contributed by atoms with van der Waals surface area (Å²) in [6, 6.07) is 1.88. The minimum Gasteiger partial charge on any atom is -0.469 e. The summed E-state index contributed by atoms with van der Waals surface area (Å²) >= 11 is 0. The van der Waals surface area contributed by atoms with Gasteiger partial charge in [0.2, 0.25) is 0 Å². The third-order valence-corrected chi connectivity index (χ3v) is 4.60. The molecule has 0 aromatic carbocycles. The lowest BCUT2D eigenvalue weighted by Gasteiger charge is -2.32. The van der Waals surface area contributed by atoms with Crippen LogP contribution in [0.1, 0.15) is 54.6 Å². The van der Waals surface area contributed by atoms with Crippen LogP contribution in [-0.2, 0) is 4.79 Å². The molecule has 2 aliphatic rings. The zero-order valence-electron chi connectivity index (χ0n) is 11.9. The van der Waals surface area contributed by atoms with Crippen LogP contribution < -0.4 is 0 Å². The topological polar surface area (TPSA) is 50.5 Å². The van der Waals surface area contributed by atoms with Crippen molar-refractivity contribution in [2.24, 2.45) is 5.92 Å². The summed E-state index contributed by atoms with van der Waals surface area (Å²) in [5.74, 6) is 1.17. The molecule has 4 nitrogen and oxygen atoms in total. The Morgan fingerprint density at radius 3 is 2.85 bits per heavy atom. The van der Waals surface area contributed by atoms with E-state index in [-0.39, 0.29) is 17.9 Å². The van der Waals surface area contributed by atoms with Crippen LogP contribution in [0.5, 0.6) is 0 Å². The molecular weight excluding hydrogens is 254 g/mol. The first-order valence-corrected chi connectivity index (χ1v) is 7.55. The number of Topliss-reactive ketones (excluding diaryl/α,β-unsaturated/α-hetero) is 1. The number of hydrogen-bond acceptors (Lipinski definition) is 3. The Morgan fingerprint density at radius 1 is 1.30 bits per heavy atom. The van der Waals surface area contributed by atoms with E-state index in [1.165, 1.54) is 6.26 Å². The lowest BCUT2D eigenvalue weighted by atomic mass is 9.81. The van der Waals surface area contributed by atoms with E-state index in [1.54, 1.807) is 6.07 Å². The normalized spacial score (nSPS) is 27.1. The van der Waals surface area contributed by atoms with Crippen LogP contribution in [0.3, 0.4) is 0 Å². The largest absolute Gasteiger partial charge is 0.469 e. The highest BCUT2D eigenvalue weighted by Gasteiger charge is 2.39. The minimum atomic E-state index is 0.0164. The average Bonchev–Trinajstić information content (AvgIpc) is 3.07. The number of carbonyl (C=O) groups is 2. The standard InChI is InChI=1S/C16H21NO3/c1-11-9-12(10-20-11)16(19)17-8-4-6-14(17)13-5-2-3-7-15(13)18/h9-10,13-14H,2-8H2,1H3. The van der Waals surface area contributed by atoms with Crippen molar-refractivity contribution in [3.63, 3.8) is 0 Å². The molecule has 2 unspecified atom stereocenters. The number of likely N-dealkylation sites (tertiary alicyclic amines) is 1. The highest BCUT2D eigenvalue weighted by Crippen LogP contribution is 2.33. The van der Waals surface area contributed by atoms with E-state index < -0.39 is 0 Å². The van der Waals surface area contributed by atoms with Crippen LogP contribution in [0.15, 0.2) is 16.7 Å². The summed E-state index contributed by atoms with van der Waals surface area (Å²) in [5.41, 5.74) is 0.609. The first-order valence-electron chi connectivity index (χ1n) is 7.55. The number of rotatable bonds is 2. The summed E-state index contributed by atoms with van der Waals surface area (Å²) in [4.78, 5) is 26.6. The second-order valence-electron chi connectivity index (χ2n) is 5.97. The molecule has 1 aromatic rings. The molecule has 0 radical (unpaired) electrons. The Balaban J connectivity index is 1.78. The molecule has 4 heteroatoms. The molecule has 1 aliphatic carbocycles. The van der Waals surface area contributed by atoms with Gasteiger partial charge in [-0.2, -0.15) is 0 Å². The summed E-state index contributed by atoms with van der Waals surface area (Å²) in [5, 5.41) is 0. The van der Waals surface area contributed by atoms with Crippen LogP contribution >= 0.6 is 0 Å². The molecule has 108 valence electrons. The van der Waals surface area contributed by atoms with Crippen LogP contribution in [-0.4, -0.2) is 29.2 Å². The highest BCUT2D eigenvalue weighted by molar-refractivity contribution is 5.95. The van der Waals surface area contributed by atoms with E-state index in [0.29, 0.717) is 17.8 Å². The van der Waals surface area contributed by atoms with Gasteiger partial charge in [0.15, 0.2) is 0 Å². The van der Waals surface area contributed by atoms with Gasteiger partial charge in [0.1, 0.15) is 17.8 Å². The fraction of sp³-hybridized carbons (Fsp3) is 0.625. The zero-order valence-corrected chi connectivity index (χ0v) is 11.9. The third kappa shape index (κ3) is 2.39. The SMILES string of the molecule is Cc1cc(C(=O)N2CCCC2C2CCCCC2=O)co1. The van der Waals surface area contributed by atoms with Crippen molar-refractivity contribution in [3.05, 3.63) is 23.7 Å². The number of aryl methyl sites for hydroxylation is 1. The number of ketones is 1. The van der Waals surface area contributed by atoms with E-state index in [2.05, 4.69) is 0 Å². The summed E-state index contributed by atoms with van der Waals surface area (Å²) in [7, 11) is 0. The van der Waals surface area contributed by atoms with E-state index >= 15 is 0 Å². The van der Waals surface area contributed by atoms with Gasteiger partial charge in [0, 0.05) is 24.9 Å². The Kier molecular flexibility index (Phi) is 3.64. The van der Waals surface area contributed by atoms with Gasteiger partial charge in [-0.1, -0.05) is 6.42 Å². The van der Waals surface area contributed by atoms with Crippen molar-refractivity contribution < 1.29 is 14.0 Å². The van der Waals surface area contributed by atoms with E-state index in [4.69, 9.17) is 4.42 Å². The van der Waals surface area contributed by atoms with Gasteiger partial charge >= 0.3 is 0 Å². The fourth-order valence-electron chi connectivity index (χ4n) is 3.60. The van der Waals surface area contributed by atoms with Crippen LogP contribution in [0.25, 0.3) is 0 Å². The minimum absolute atomic E-state index is 0.0164. The van der Waals surface area contributed by atoms with Crippen molar-refractivity contribution in [1.29, 1.82) is 0 Å². The van der Waals surface area contributed by atoms with Crippen molar-refractivity contribution in [3.8, 4) is 0 Å². The van der Waals surface area contributed by atoms with Crippen molar-refractivity contribution in [1.82, 2.24) is 4.90 Å². The van der Waals surface area contributed by atoms with Gasteiger partial charge in [0.05, 0.1) is 5.56 Å². The number of nitrogens with zero attached hydrogens (tertiary/aromatic N) is 1. The molecule has 3 rings (SSSR count). The molecule has 0 spiro atoms. The maximum atomic E-state index is 12.6. The summed E-state index contributed by atoms with van der Waals surface area (Å²) in [6.45, 7) is 2.60. The molecule has 1 amide bonds. The lowest BCUT2D eigenvalue weighted by molar-refractivity contribution is -0.126. The molecule has 20 heavy (non-hydrogen) atoms. The van der Waals surface area contributed by atoms with Gasteiger partial charge < -0.3 is 9.32 Å². The number of carbonyl (C=O) groups excluding carboxylic acids is 2. The van der Waals surface area contributed by atoms with E-state index in [0.717, 1.165) is 44.4 Å². The predicted octanol–water partition coefficient (Wildman–Crippen LogP) is 2.95. The Bertz CT molecular complexity index is 520. The lowest BCUT2D eigenvalue weighted by Crippen LogP contribution is -2.43. The van der Waals surface area contributed by atoms with Gasteiger partial charge in [0.25, 0.3) is 5.91 Å². The fourth-order valence-corrected chi connectivity index (χ4v) is 3.60. The van der Waals surface area contributed by atoms with Crippen molar-refractivity contribution in [2.45, 2.75) is 51.5 Å². The Hall–Kier alpha value is -1.58. The second kappa shape index (κ2) is 5.43. The molecule has 0 N–H and O–H groups in total. The number of hydrogen-bond donors (Lipinski definition) is 0. The Morgan fingerprint density at radius 2 is 2.15 bits per heavy atom. The van der Waals surface area contributed by atoms with Crippen molar-refractivity contribution in [2.75, 3.05) is 6.54 Å². The molecule has 1 saturated carbocycles. The number of furan rings is 1. The summed E-state index contributed by atoms with van der Waals surface area (Å²) < 4.78 is 5.23. The molecule has 0 bridgehead atoms. The van der Waals surface area contributed by atoms with E-state index in [9.17, 15) is 9.59 Å². The number of amides is 1. The van der Waals surface area contributed by atoms with Crippen LogP contribution in [0.2, 0.25) is 0 Å². The maximum absolute atomic E-state index is 12.6. The van der Waals surface area contributed by atoms with Gasteiger partial charge in [-0.15, -0.1) is 0 Å². The molecule has 2 atom stereocenters. The molecule has 1 saturated heterocycles. The molecular formula is C16H21NO3. The second-order valence-corrected chi connectivity index (χ2v) is 5.97. The first-order chi connectivity index (χ1) is 9.66.